The van der Waals surface area contributed by atoms with E-state index in [4.69, 9.17) is 5.73 Å². The molecule has 2 rings (SSSR count). The number of aromatic nitrogens is 2. The molecule has 1 aromatic carbocycles. The van der Waals surface area contributed by atoms with Crippen LogP contribution in [-0.2, 0) is 0 Å². The Morgan fingerprint density at radius 2 is 1.80 bits per heavy atom. The molecule has 108 valence electrons. The lowest BCUT2D eigenvalue weighted by Crippen LogP contribution is -2.35. The zero-order chi connectivity index (χ0) is 15.0. The van der Waals surface area contributed by atoms with E-state index in [0.717, 1.165) is 28.8 Å². The van der Waals surface area contributed by atoms with Gasteiger partial charge in [-0.3, -0.25) is 0 Å². The summed E-state index contributed by atoms with van der Waals surface area (Å²) in [6.45, 7) is 11.1. The summed E-state index contributed by atoms with van der Waals surface area (Å²) >= 11 is 0. The summed E-state index contributed by atoms with van der Waals surface area (Å²) < 4.78 is 0. The fourth-order valence-corrected chi connectivity index (χ4v) is 2.86. The van der Waals surface area contributed by atoms with Crippen molar-refractivity contribution in [2.75, 3.05) is 11.1 Å². The molecule has 0 radical (unpaired) electrons. The smallest absolute Gasteiger partial charge is 0.137 e. The van der Waals surface area contributed by atoms with E-state index in [9.17, 15) is 0 Å². The topological polar surface area (TPSA) is 63.8 Å². The number of hydrogen-bond acceptors (Lipinski definition) is 4. The van der Waals surface area contributed by atoms with E-state index in [0.29, 0.717) is 0 Å². The summed E-state index contributed by atoms with van der Waals surface area (Å²) in [6, 6.07) is 5.71. The van der Waals surface area contributed by atoms with Gasteiger partial charge >= 0.3 is 0 Å². The first-order valence-corrected chi connectivity index (χ1v) is 6.95. The highest BCUT2D eigenvalue weighted by Crippen LogP contribution is 2.31. The van der Waals surface area contributed by atoms with E-state index in [1.165, 1.54) is 0 Å². The fraction of sp³-hybridized carbons (Fsp3) is 0.500. The Morgan fingerprint density at radius 3 is 2.45 bits per heavy atom. The van der Waals surface area contributed by atoms with Crippen molar-refractivity contribution in [3.63, 3.8) is 0 Å². The minimum atomic E-state index is -0.0515. The number of hydrogen-bond donors (Lipinski definition) is 2. The lowest BCUT2D eigenvalue weighted by molar-refractivity contribution is 0.302. The molecule has 4 heteroatoms. The molecule has 0 aliphatic heterocycles. The van der Waals surface area contributed by atoms with Gasteiger partial charge in [-0.05, 0) is 43.9 Å². The molecule has 3 N–H and O–H groups in total. The van der Waals surface area contributed by atoms with Crippen molar-refractivity contribution in [3.8, 4) is 0 Å². The second-order valence-electron chi connectivity index (χ2n) is 7.25. The quantitative estimate of drug-likeness (QED) is 0.833. The number of nitrogens with zero attached hydrogens (tertiary/aromatic N) is 2. The number of benzene rings is 1. The number of fused-ring (bicyclic) bond motifs is 1. The molecule has 0 aliphatic rings. The first-order valence-electron chi connectivity index (χ1n) is 6.95. The highest BCUT2D eigenvalue weighted by atomic mass is 15.1. The molecule has 20 heavy (non-hydrogen) atoms. The molecule has 0 aliphatic carbocycles. The van der Waals surface area contributed by atoms with Crippen molar-refractivity contribution in [1.29, 1.82) is 0 Å². The molecule has 0 fully saturated rings. The second kappa shape index (κ2) is 4.93. The Balaban J connectivity index is 2.36. The van der Waals surface area contributed by atoms with Crippen molar-refractivity contribution in [2.24, 2.45) is 5.41 Å². The molecule has 0 saturated heterocycles. The Labute approximate surface area is 120 Å². The monoisotopic (exact) mass is 272 g/mol. The molecule has 1 heterocycles. The predicted molar refractivity (Wildman–Crippen MR) is 85.7 cm³/mol. The third kappa shape index (κ3) is 3.59. The van der Waals surface area contributed by atoms with Crippen LogP contribution in [0.2, 0.25) is 0 Å². The maximum Gasteiger partial charge on any atom is 0.137 e. The third-order valence-electron chi connectivity index (χ3n) is 3.09. The van der Waals surface area contributed by atoms with E-state index in [-0.39, 0.29) is 11.0 Å². The summed E-state index contributed by atoms with van der Waals surface area (Å²) in [5.41, 5.74) is 7.70. The third-order valence-corrected chi connectivity index (χ3v) is 3.09. The van der Waals surface area contributed by atoms with Gasteiger partial charge in [-0.15, -0.1) is 0 Å². The Kier molecular flexibility index (Phi) is 3.59. The predicted octanol–water partition coefficient (Wildman–Crippen LogP) is 3.84. The van der Waals surface area contributed by atoms with Gasteiger partial charge in [-0.25, -0.2) is 9.97 Å². The standard InChI is InChI=1S/C16H24N4/c1-15(2,3)9-16(4,5)20-14-12-8-11(17)6-7-13(12)18-10-19-14/h6-8,10H,9,17H2,1-5H3,(H,18,19,20). The Hall–Kier alpha value is -1.84. The molecule has 4 nitrogen and oxygen atoms in total. The van der Waals surface area contributed by atoms with Gasteiger partial charge in [0, 0.05) is 16.6 Å². The lowest BCUT2D eigenvalue weighted by Gasteiger charge is -2.34. The average molecular weight is 272 g/mol. The number of rotatable bonds is 3. The summed E-state index contributed by atoms with van der Waals surface area (Å²) in [6.07, 6.45) is 2.63. The maximum atomic E-state index is 5.87. The van der Waals surface area contributed by atoms with Gasteiger partial charge in [0.15, 0.2) is 0 Å². The molecular formula is C16H24N4. The largest absolute Gasteiger partial charge is 0.399 e. The highest BCUT2D eigenvalue weighted by molar-refractivity contribution is 5.91. The molecule has 0 amide bonds. The zero-order valence-corrected chi connectivity index (χ0v) is 13.0. The highest BCUT2D eigenvalue weighted by Gasteiger charge is 2.26. The van der Waals surface area contributed by atoms with Crippen LogP contribution in [0.15, 0.2) is 24.5 Å². The van der Waals surface area contributed by atoms with E-state index in [1.807, 2.05) is 18.2 Å². The maximum absolute atomic E-state index is 5.87. The number of anilines is 2. The van der Waals surface area contributed by atoms with Crippen molar-refractivity contribution < 1.29 is 0 Å². The van der Waals surface area contributed by atoms with E-state index in [1.54, 1.807) is 6.33 Å². The van der Waals surface area contributed by atoms with Crippen LogP contribution in [-0.4, -0.2) is 15.5 Å². The summed E-state index contributed by atoms with van der Waals surface area (Å²) in [5, 5.41) is 4.51. The van der Waals surface area contributed by atoms with Gasteiger partial charge in [0.2, 0.25) is 0 Å². The fourth-order valence-electron chi connectivity index (χ4n) is 2.86. The lowest BCUT2D eigenvalue weighted by atomic mass is 9.82. The van der Waals surface area contributed by atoms with Crippen molar-refractivity contribution in [3.05, 3.63) is 24.5 Å². The van der Waals surface area contributed by atoms with Gasteiger partial charge < -0.3 is 11.1 Å². The van der Waals surface area contributed by atoms with Crippen LogP contribution in [0.1, 0.15) is 41.0 Å². The van der Waals surface area contributed by atoms with Gasteiger partial charge in [0.1, 0.15) is 12.1 Å². The van der Waals surface area contributed by atoms with Crippen LogP contribution in [0.25, 0.3) is 10.9 Å². The van der Waals surface area contributed by atoms with E-state index >= 15 is 0 Å². The molecule has 0 bridgehead atoms. The van der Waals surface area contributed by atoms with Gasteiger partial charge in [0.05, 0.1) is 5.52 Å². The van der Waals surface area contributed by atoms with Crippen LogP contribution in [0.5, 0.6) is 0 Å². The second-order valence-corrected chi connectivity index (χ2v) is 7.25. The molecule has 0 atom stereocenters. The molecule has 0 saturated carbocycles. The number of nitrogens with one attached hydrogen (secondary N) is 1. The number of nitrogen functional groups attached to an aromatic ring is 1. The van der Waals surface area contributed by atoms with Crippen LogP contribution < -0.4 is 11.1 Å². The summed E-state index contributed by atoms with van der Waals surface area (Å²) in [4.78, 5) is 8.67. The molecule has 2 aromatic rings. The van der Waals surface area contributed by atoms with Crippen molar-refractivity contribution >= 4 is 22.4 Å². The van der Waals surface area contributed by atoms with Crippen LogP contribution in [0.4, 0.5) is 11.5 Å². The Morgan fingerprint density at radius 1 is 1.10 bits per heavy atom. The molecule has 1 aromatic heterocycles. The molecule has 0 spiro atoms. The first kappa shape index (κ1) is 14.6. The number of nitrogens with two attached hydrogens (primary N) is 1. The average Bonchev–Trinajstić information content (AvgIpc) is 2.26. The minimum Gasteiger partial charge on any atom is -0.399 e. The van der Waals surface area contributed by atoms with Crippen molar-refractivity contribution in [1.82, 2.24) is 9.97 Å². The first-order chi connectivity index (χ1) is 9.16. The van der Waals surface area contributed by atoms with Crippen molar-refractivity contribution in [2.45, 2.75) is 46.6 Å². The van der Waals surface area contributed by atoms with Gasteiger partial charge in [-0.1, -0.05) is 20.8 Å². The Bertz CT molecular complexity index is 611. The SMILES string of the molecule is CC(C)(C)CC(C)(C)Nc1ncnc2ccc(N)cc12. The zero-order valence-electron chi connectivity index (χ0n) is 13.0. The van der Waals surface area contributed by atoms with Crippen LogP contribution >= 0.6 is 0 Å². The normalized spacial score (nSPS) is 12.7. The van der Waals surface area contributed by atoms with E-state index in [2.05, 4.69) is 49.9 Å². The summed E-state index contributed by atoms with van der Waals surface area (Å²) in [7, 11) is 0. The molecular weight excluding hydrogens is 248 g/mol. The van der Waals surface area contributed by atoms with Gasteiger partial charge in [0.25, 0.3) is 0 Å². The van der Waals surface area contributed by atoms with E-state index < -0.39 is 0 Å². The molecule has 0 unspecified atom stereocenters. The minimum absolute atomic E-state index is 0.0515. The van der Waals surface area contributed by atoms with Gasteiger partial charge in [-0.2, -0.15) is 0 Å². The van der Waals surface area contributed by atoms with Crippen LogP contribution in [0.3, 0.4) is 0 Å². The summed E-state index contributed by atoms with van der Waals surface area (Å²) in [5.74, 6) is 0.844. The van der Waals surface area contributed by atoms with Crippen LogP contribution in [0, 0.1) is 5.41 Å².